The Labute approximate surface area is 445 Å². The highest BCUT2D eigenvalue weighted by molar-refractivity contribution is 5.71. The molecule has 0 aromatic heterocycles. The maximum atomic E-state index is 12.8. The molecule has 1 atom stereocenters. The van der Waals surface area contributed by atoms with Crippen LogP contribution in [-0.4, -0.2) is 37.2 Å². The Morgan fingerprint density at radius 1 is 0.292 bits per heavy atom. The van der Waals surface area contributed by atoms with E-state index >= 15 is 0 Å². The second kappa shape index (κ2) is 60.1. The van der Waals surface area contributed by atoms with Crippen molar-refractivity contribution in [3.8, 4) is 0 Å². The molecule has 0 fully saturated rings. The molecule has 0 aliphatic heterocycles. The van der Waals surface area contributed by atoms with Crippen molar-refractivity contribution in [1.82, 2.24) is 0 Å². The summed E-state index contributed by atoms with van der Waals surface area (Å²) in [5, 5.41) is 0. The Kier molecular flexibility index (Phi) is 57.3. The van der Waals surface area contributed by atoms with Gasteiger partial charge in [-0.15, -0.1) is 0 Å². The largest absolute Gasteiger partial charge is 0.462 e. The van der Waals surface area contributed by atoms with Crippen LogP contribution in [0.1, 0.15) is 297 Å². The Morgan fingerprint density at radius 3 is 0.903 bits per heavy atom. The minimum Gasteiger partial charge on any atom is -0.462 e. The fourth-order valence-electron chi connectivity index (χ4n) is 8.58. The van der Waals surface area contributed by atoms with Gasteiger partial charge in [0.2, 0.25) is 0 Å². The van der Waals surface area contributed by atoms with Crippen LogP contribution in [0.25, 0.3) is 0 Å². The van der Waals surface area contributed by atoms with Gasteiger partial charge in [-0.05, 0) is 83.5 Å². The third kappa shape index (κ3) is 57.5. The predicted molar refractivity (Wildman–Crippen MR) is 311 cm³/mol. The molecule has 0 radical (unpaired) electrons. The lowest BCUT2D eigenvalue weighted by molar-refractivity contribution is -0.166. The van der Waals surface area contributed by atoms with Crippen molar-refractivity contribution in [2.24, 2.45) is 0 Å². The molecular weight excluding hydrogens is 889 g/mol. The molecule has 0 bridgehead atoms. The molecule has 0 aliphatic rings. The van der Waals surface area contributed by atoms with E-state index in [9.17, 15) is 14.4 Å². The van der Waals surface area contributed by atoms with Gasteiger partial charge >= 0.3 is 17.9 Å². The lowest BCUT2D eigenvalue weighted by Crippen LogP contribution is -2.30. The van der Waals surface area contributed by atoms with E-state index in [0.29, 0.717) is 19.3 Å². The number of esters is 3. The van der Waals surface area contributed by atoms with Gasteiger partial charge in [-0.2, -0.15) is 0 Å². The summed E-state index contributed by atoms with van der Waals surface area (Å²) in [5.41, 5.74) is 0. The van der Waals surface area contributed by atoms with Crippen molar-refractivity contribution >= 4 is 17.9 Å². The van der Waals surface area contributed by atoms with Crippen molar-refractivity contribution < 1.29 is 28.6 Å². The van der Waals surface area contributed by atoms with Crippen molar-refractivity contribution in [1.29, 1.82) is 0 Å². The smallest absolute Gasteiger partial charge is 0.306 e. The Morgan fingerprint density at radius 2 is 0.569 bits per heavy atom. The molecule has 0 aromatic rings. The summed E-state index contributed by atoms with van der Waals surface area (Å²) in [4.78, 5) is 38.2. The molecule has 0 aromatic carbocycles. The van der Waals surface area contributed by atoms with Crippen LogP contribution in [0.15, 0.2) is 85.1 Å². The molecule has 1 unspecified atom stereocenters. The van der Waals surface area contributed by atoms with Crippen molar-refractivity contribution in [2.75, 3.05) is 13.2 Å². The van der Waals surface area contributed by atoms with Gasteiger partial charge in [0.1, 0.15) is 13.2 Å². The highest BCUT2D eigenvalue weighted by Crippen LogP contribution is 2.16. The van der Waals surface area contributed by atoms with Gasteiger partial charge in [0.05, 0.1) is 0 Å². The molecular formula is C66H114O6. The number of allylic oxidation sites excluding steroid dienone is 14. The van der Waals surface area contributed by atoms with Gasteiger partial charge in [0.15, 0.2) is 6.10 Å². The first-order valence-electron chi connectivity index (χ1n) is 30.6. The van der Waals surface area contributed by atoms with E-state index in [-0.39, 0.29) is 37.5 Å². The van der Waals surface area contributed by atoms with Gasteiger partial charge in [0.25, 0.3) is 0 Å². The monoisotopic (exact) mass is 1000 g/mol. The zero-order valence-corrected chi connectivity index (χ0v) is 47.4. The number of hydrogen-bond donors (Lipinski definition) is 0. The number of rotatable bonds is 55. The lowest BCUT2D eigenvalue weighted by Gasteiger charge is -2.18. The van der Waals surface area contributed by atoms with Gasteiger partial charge in [0, 0.05) is 19.3 Å². The van der Waals surface area contributed by atoms with Gasteiger partial charge < -0.3 is 14.2 Å². The number of ether oxygens (including phenoxy) is 3. The van der Waals surface area contributed by atoms with E-state index in [1.54, 1.807) is 0 Å². The van der Waals surface area contributed by atoms with E-state index in [0.717, 1.165) is 77.0 Å². The van der Waals surface area contributed by atoms with Crippen LogP contribution >= 0.6 is 0 Å². The molecule has 6 heteroatoms. The summed E-state index contributed by atoms with van der Waals surface area (Å²) in [5.74, 6) is -0.981. The SMILES string of the molecule is CC/C=C\C/C=C\C/C=C\C/C=C\C/C=C\C/C=C\CCC(=O)OC(COC(=O)CCCCCCCCCCC/C=C\CCCCCCCCCC)COC(=O)CCCCCCCCCCCCCCCC. The van der Waals surface area contributed by atoms with Crippen LogP contribution in [0, 0.1) is 0 Å². The summed E-state index contributed by atoms with van der Waals surface area (Å²) >= 11 is 0. The van der Waals surface area contributed by atoms with Crippen LogP contribution in [0.2, 0.25) is 0 Å². The highest BCUT2D eigenvalue weighted by Gasteiger charge is 2.19. The molecule has 6 nitrogen and oxygen atoms in total. The predicted octanol–water partition coefficient (Wildman–Crippen LogP) is 20.7. The summed E-state index contributed by atoms with van der Waals surface area (Å²) in [6, 6.07) is 0. The lowest BCUT2D eigenvalue weighted by atomic mass is 10.0. The average molecular weight is 1000 g/mol. The molecule has 0 amide bonds. The number of hydrogen-bond acceptors (Lipinski definition) is 6. The second-order valence-corrected chi connectivity index (χ2v) is 20.2. The van der Waals surface area contributed by atoms with Crippen molar-refractivity contribution in [3.05, 3.63) is 85.1 Å². The molecule has 0 aliphatic carbocycles. The third-order valence-corrected chi connectivity index (χ3v) is 13.1. The van der Waals surface area contributed by atoms with E-state index in [4.69, 9.17) is 14.2 Å². The van der Waals surface area contributed by atoms with Crippen molar-refractivity contribution in [2.45, 2.75) is 303 Å². The Hall–Kier alpha value is -3.41. The average Bonchev–Trinajstić information content (AvgIpc) is 3.38. The summed E-state index contributed by atoms with van der Waals surface area (Å²) in [6.45, 7) is 6.49. The first kappa shape index (κ1) is 68.6. The van der Waals surface area contributed by atoms with E-state index in [2.05, 4.69) is 99.8 Å². The number of unbranched alkanes of at least 4 members (excludes halogenated alkanes) is 30. The minimum atomic E-state index is -0.817. The van der Waals surface area contributed by atoms with Crippen LogP contribution in [0.5, 0.6) is 0 Å². The quantitative estimate of drug-likeness (QED) is 0.0261. The maximum Gasteiger partial charge on any atom is 0.306 e. The molecule has 0 saturated carbocycles. The first-order chi connectivity index (χ1) is 35.5. The number of carbonyl (C=O) groups is 3. The third-order valence-electron chi connectivity index (χ3n) is 13.1. The van der Waals surface area contributed by atoms with Crippen LogP contribution in [0.3, 0.4) is 0 Å². The van der Waals surface area contributed by atoms with E-state index in [1.165, 1.54) is 173 Å². The maximum absolute atomic E-state index is 12.8. The van der Waals surface area contributed by atoms with Crippen LogP contribution in [0.4, 0.5) is 0 Å². The molecule has 414 valence electrons. The van der Waals surface area contributed by atoms with Gasteiger partial charge in [-0.3, -0.25) is 14.4 Å². The topological polar surface area (TPSA) is 78.9 Å². The molecule has 0 N–H and O–H groups in total. The second-order valence-electron chi connectivity index (χ2n) is 20.2. The Bertz CT molecular complexity index is 1380. The zero-order chi connectivity index (χ0) is 52.2. The molecule has 0 heterocycles. The van der Waals surface area contributed by atoms with Crippen LogP contribution in [-0.2, 0) is 28.6 Å². The van der Waals surface area contributed by atoms with E-state index < -0.39 is 6.10 Å². The fraction of sp³-hybridized carbons (Fsp3) is 0.742. The number of carbonyl (C=O) groups excluding carboxylic acids is 3. The molecule has 0 spiro atoms. The fourth-order valence-corrected chi connectivity index (χ4v) is 8.58. The van der Waals surface area contributed by atoms with Gasteiger partial charge in [-0.25, -0.2) is 0 Å². The van der Waals surface area contributed by atoms with Crippen LogP contribution < -0.4 is 0 Å². The summed E-state index contributed by atoms with van der Waals surface area (Å²) < 4.78 is 16.8. The van der Waals surface area contributed by atoms with E-state index in [1.807, 2.05) is 6.08 Å². The molecule has 72 heavy (non-hydrogen) atoms. The zero-order valence-electron chi connectivity index (χ0n) is 47.4. The minimum absolute atomic E-state index is 0.105. The first-order valence-corrected chi connectivity index (χ1v) is 30.6. The summed E-state index contributed by atoms with van der Waals surface area (Å²) in [6.07, 6.45) is 78.8. The molecule has 0 rings (SSSR count). The standard InChI is InChI=1S/C66H114O6/c1-4-7-10-13-16-19-22-25-28-30-32-33-35-36-38-41-44-47-50-53-56-59-65(68)71-62-63(61-70-64(67)58-55-52-49-46-43-40-27-24-21-18-15-12-9-6-3)72-66(69)60-57-54-51-48-45-42-39-37-34-31-29-26-23-20-17-14-11-8-5-2/h8,11,17,20,26,29-30,32,34,37,42,45,51,54,63H,4-7,9-10,12-16,18-19,21-25,27-28,31,33,35-36,38-41,43-44,46-50,52-53,55-62H2,1-3H3/b11-8-,20-17-,29-26-,32-30-,37-34-,45-42-,54-51-. The molecule has 0 saturated heterocycles. The van der Waals surface area contributed by atoms with Crippen molar-refractivity contribution in [3.63, 3.8) is 0 Å². The normalized spacial score (nSPS) is 12.7. The highest BCUT2D eigenvalue weighted by atomic mass is 16.6. The summed E-state index contributed by atoms with van der Waals surface area (Å²) in [7, 11) is 0. The Balaban J connectivity index is 4.45. The van der Waals surface area contributed by atoms with Gasteiger partial charge in [-0.1, -0.05) is 279 Å².